The zero-order chi connectivity index (χ0) is 14.4. The van der Waals surface area contributed by atoms with Crippen molar-refractivity contribution in [1.82, 2.24) is 0 Å². The van der Waals surface area contributed by atoms with Gasteiger partial charge in [0.25, 0.3) is 0 Å². The van der Waals surface area contributed by atoms with Crippen LogP contribution in [0.2, 0.25) is 0 Å². The lowest BCUT2D eigenvalue weighted by Gasteiger charge is -2.09. The summed E-state index contributed by atoms with van der Waals surface area (Å²) >= 11 is 0. The molecule has 2 aromatic rings. The van der Waals surface area contributed by atoms with Crippen molar-refractivity contribution in [3.8, 4) is 11.5 Å². The first-order chi connectivity index (χ1) is 9.70. The van der Waals surface area contributed by atoms with Gasteiger partial charge in [-0.2, -0.15) is 0 Å². The van der Waals surface area contributed by atoms with E-state index in [0.29, 0.717) is 12.1 Å². The van der Waals surface area contributed by atoms with Crippen LogP contribution in [0.4, 0.5) is 5.69 Å². The van der Waals surface area contributed by atoms with Gasteiger partial charge >= 0.3 is 0 Å². The number of phenolic OH excluding ortho intramolecular Hbond substituents is 2. The number of phenols is 2. The summed E-state index contributed by atoms with van der Waals surface area (Å²) in [5.41, 5.74) is 3.03. The minimum absolute atomic E-state index is 0.0560. The molecule has 0 aliphatic rings. The molecule has 0 saturated heterocycles. The average molecular weight is 271 g/mol. The number of hydrogen-bond donors (Lipinski definition) is 3. The minimum Gasteiger partial charge on any atom is -0.504 e. The summed E-state index contributed by atoms with van der Waals surface area (Å²) in [5, 5.41) is 22.4. The van der Waals surface area contributed by atoms with Gasteiger partial charge in [-0.05, 0) is 36.6 Å². The monoisotopic (exact) mass is 271 g/mol. The summed E-state index contributed by atoms with van der Waals surface area (Å²) in [7, 11) is 0. The Labute approximate surface area is 119 Å². The number of aromatic hydroxyl groups is 2. The van der Waals surface area contributed by atoms with Gasteiger partial charge in [0.2, 0.25) is 0 Å². The third-order valence-electron chi connectivity index (χ3n) is 3.35. The first kappa shape index (κ1) is 14.3. The summed E-state index contributed by atoms with van der Waals surface area (Å²) < 4.78 is 0. The molecule has 2 aromatic carbocycles. The van der Waals surface area contributed by atoms with Gasteiger partial charge < -0.3 is 15.5 Å². The number of benzene rings is 2. The van der Waals surface area contributed by atoms with E-state index in [1.165, 1.54) is 24.5 Å². The second kappa shape index (κ2) is 6.85. The van der Waals surface area contributed by atoms with E-state index in [9.17, 15) is 10.2 Å². The van der Waals surface area contributed by atoms with Crippen LogP contribution in [0, 0.1) is 0 Å². The highest BCUT2D eigenvalue weighted by atomic mass is 16.3. The van der Waals surface area contributed by atoms with Crippen LogP contribution in [-0.4, -0.2) is 10.2 Å². The van der Waals surface area contributed by atoms with Crippen LogP contribution in [0.15, 0.2) is 42.5 Å². The molecule has 0 atom stereocenters. The van der Waals surface area contributed by atoms with Crippen molar-refractivity contribution >= 4 is 5.69 Å². The number of nitrogens with one attached hydrogen (secondary N) is 1. The molecule has 20 heavy (non-hydrogen) atoms. The van der Waals surface area contributed by atoms with E-state index in [0.717, 1.165) is 12.1 Å². The highest BCUT2D eigenvalue weighted by Crippen LogP contribution is 2.28. The van der Waals surface area contributed by atoms with Crippen LogP contribution in [0.3, 0.4) is 0 Å². The van der Waals surface area contributed by atoms with Crippen molar-refractivity contribution in [2.45, 2.75) is 32.7 Å². The topological polar surface area (TPSA) is 52.5 Å². The molecule has 3 heteroatoms. The predicted octanol–water partition coefficient (Wildman–Crippen LogP) is 4.05. The van der Waals surface area contributed by atoms with Crippen LogP contribution >= 0.6 is 0 Å². The summed E-state index contributed by atoms with van der Waals surface area (Å²) in [4.78, 5) is 0. The zero-order valence-electron chi connectivity index (χ0n) is 11.8. The lowest BCUT2D eigenvalue weighted by molar-refractivity contribution is 0.400. The van der Waals surface area contributed by atoms with Gasteiger partial charge in [-0.3, -0.25) is 0 Å². The van der Waals surface area contributed by atoms with E-state index in [2.05, 4.69) is 24.4 Å². The Morgan fingerprint density at radius 1 is 1.00 bits per heavy atom. The third-order valence-corrected chi connectivity index (χ3v) is 3.35. The van der Waals surface area contributed by atoms with Gasteiger partial charge in [0.1, 0.15) is 0 Å². The highest BCUT2D eigenvalue weighted by Gasteiger charge is 2.05. The molecular formula is C17H21NO2. The lowest BCUT2D eigenvalue weighted by atomic mass is 10.1. The Balaban J connectivity index is 1.95. The summed E-state index contributed by atoms with van der Waals surface area (Å²) in [6.45, 7) is 2.67. The highest BCUT2D eigenvalue weighted by molar-refractivity contribution is 5.49. The average Bonchev–Trinajstić information content (AvgIpc) is 2.48. The van der Waals surface area contributed by atoms with Gasteiger partial charge in [-0.1, -0.05) is 37.6 Å². The molecule has 0 radical (unpaired) electrons. The van der Waals surface area contributed by atoms with Crippen molar-refractivity contribution in [3.63, 3.8) is 0 Å². The quantitative estimate of drug-likeness (QED) is 0.695. The zero-order valence-corrected chi connectivity index (χ0v) is 11.8. The van der Waals surface area contributed by atoms with Gasteiger partial charge in [-0.15, -0.1) is 0 Å². The Bertz CT molecular complexity index is 549. The fraction of sp³-hybridized carbons (Fsp3) is 0.294. The molecule has 2 rings (SSSR count). The van der Waals surface area contributed by atoms with Gasteiger partial charge in [0, 0.05) is 17.8 Å². The third kappa shape index (κ3) is 3.67. The Morgan fingerprint density at radius 2 is 1.75 bits per heavy atom. The maximum absolute atomic E-state index is 9.73. The number of hydrogen-bond acceptors (Lipinski definition) is 3. The molecular weight excluding hydrogens is 250 g/mol. The first-order valence-electron chi connectivity index (χ1n) is 7.03. The van der Waals surface area contributed by atoms with E-state index in [1.807, 2.05) is 12.1 Å². The molecule has 0 saturated carbocycles. The fourth-order valence-corrected chi connectivity index (χ4v) is 2.09. The minimum atomic E-state index is -0.0841. The molecule has 0 aromatic heterocycles. The summed E-state index contributed by atoms with van der Waals surface area (Å²) in [6, 6.07) is 13.3. The van der Waals surface area contributed by atoms with Crippen LogP contribution < -0.4 is 5.32 Å². The molecule has 0 heterocycles. The van der Waals surface area contributed by atoms with Crippen molar-refractivity contribution in [2.75, 3.05) is 5.32 Å². The van der Waals surface area contributed by atoms with Crippen LogP contribution in [0.1, 0.15) is 30.9 Å². The van der Waals surface area contributed by atoms with Gasteiger partial charge in [-0.25, -0.2) is 0 Å². The molecule has 3 nitrogen and oxygen atoms in total. The van der Waals surface area contributed by atoms with E-state index < -0.39 is 0 Å². The maximum Gasteiger partial charge on any atom is 0.162 e. The molecule has 0 spiro atoms. The molecule has 0 aliphatic heterocycles. The number of para-hydroxylation sites is 1. The molecule has 106 valence electrons. The lowest BCUT2D eigenvalue weighted by Crippen LogP contribution is -1.99. The molecule has 0 bridgehead atoms. The second-order valence-electron chi connectivity index (χ2n) is 4.94. The standard InChI is InChI=1S/C17H21NO2/c1-2-3-5-13-8-10-15(11-9-13)18-12-14-6-4-7-16(19)17(14)20/h4,6-11,18-20H,2-3,5,12H2,1H3. The van der Waals surface area contributed by atoms with E-state index in [-0.39, 0.29) is 11.5 Å². The number of rotatable bonds is 6. The first-order valence-corrected chi connectivity index (χ1v) is 7.03. The summed E-state index contributed by atoms with van der Waals surface area (Å²) in [6.07, 6.45) is 3.53. The van der Waals surface area contributed by atoms with Crippen molar-refractivity contribution in [2.24, 2.45) is 0 Å². The number of anilines is 1. The van der Waals surface area contributed by atoms with E-state index in [1.54, 1.807) is 12.1 Å². The van der Waals surface area contributed by atoms with Crippen LogP contribution in [0.25, 0.3) is 0 Å². The van der Waals surface area contributed by atoms with Gasteiger partial charge in [0.05, 0.1) is 0 Å². The summed E-state index contributed by atoms with van der Waals surface area (Å²) in [5.74, 6) is -0.140. The van der Waals surface area contributed by atoms with E-state index >= 15 is 0 Å². The smallest absolute Gasteiger partial charge is 0.162 e. The molecule has 0 fully saturated rings. The Morgan fingerprint density at radius 3 is 2.45 bits per heavy atom. The van der Waals surface area contributed by atoms with Crippen LogP contribution in [-0.2, 0) is 13.0 Å². The van der Waals surface area contributed by atoms with Crippen LogP contribution in [0.5, 0.6) is 11.5 Å². The van der Waals surface area contributed by atoms with Crippen molar-refractivity contribution in [3.05, 3.63) is 53.6 Å². The normalized spacial score (nSPS) is 10.4. The number of unbranched alkanes of at least 4 members (excludes halogenated alkanes) is 1. The molecule has 0 aliphatic carbocycles. The largest absolute Gasteiger partial charge is 0.504 e. The second-order valence-corrected chi connectivity index (χ2v) is 4.94. The molecule has 0 amide bonds. The number of aryl methyl sites for hydroxylation is 1. The van der Waals surface area contributed by atoms with Gasteiger partial charge in [0.15, 0.2) is 11.5 Å². The fourth-order valence-electron chi connectivity index (χ4n) is 2.09. The Kier molecular flexibility index (Phi) is 4.88. The maximum atomic E-state index is 9.73. The predicted molar refractivity (Wildman–Crippen MR) is 82.2 cm³/mol. The Hall–Kier alpha value is -2.16. The van der Waals surface area contributed by atoms with E-state index in [4.69, 9.17) is 0 Å². The van der Waals surface area contributed by atoms with Crippen molar-refractivity contribution in [1.29, 1.82) is 0 Å². The molecule has 3 N–H and O–H groups in total. The SMILES string of the molecule is CCCCc1ccc(NCc2cccc(O)c2O)cc1. The van der Waals surface area contributed by atoms with Crippen molar-refractivity contribution < 1.29 is 10.2 Å². The molecule has 0 unspecified atom stereocenters.